The van der Waals surface area contributed by atoms with Crippen LogP contribution in [0.2, 0.25) is 0 Å². The van der Waals surface area contributed by atoms with Crippen molar-refractivity contribution < 1.29 is 22.8 Å². The minimum atomic E-state index is -4.42. The van der Waals surface area contributed by atoms with Gasteiger partial charge in [-0.3, -0.25) is 9.59 Å². The molecule has 1 aromatic carbocycles. The standard InChI is InChI=1S/C16H21F3N2O2/c1-3-4-10-21(12(2)22)11-9-20-15(23)13-5-7-14(8-6-13)16(17,18)19/h5-8H,3-4,9-11H2,1-2H3,(H,20,23). The monoisotopic (exact) mass is 330 g/mol. The largest absolute Gasteiger partial charge is 0.416 e. The van der Waals surface area contributed by atoms with Crippen molar-refractivity contribution in [1.82, 2.24) is 10.2 Å². The number of carbonyl (C=O) groups excluding carboxylic acids is 2. The molecule has 128 valence electrons. The summed E-state index contributed by atoms with van der Waals surface area (Å²) in [5.41, 5.74) is -0.641. The van der Waals surface area contributed by atoms with Crippen LogP contribution in [0.4, 0.5) is 13.2 Å². The van der Waals surface area contributed by atoms with E-state index in [1.165, 1.54) is 6.92 Å². The maximum Gasteiger partial charge on any atom is 0.416 e. The number of rotatable bonds is 7. The van der Waals surface area contributed by atoms with Crippen molar-refractivity contribution in [2.24, 2.45) is 0 Å². The van der Waals surface area contributed by atoms with Gasteiger partial charge in [0.1, 0.15) is 0 Å². The van der Waals surface area contributed by atoms with Gasteiger partial charge in [0.15, 0.2) is 0 Å². The van der Waals surface area contributed by atoms with Crippen LogP contribution in [0, 0.1) is 0 Å². The molecule has 0 heterocycles. The Morgan fingerprint density at radius 1 is 1.13 bits per heavy atom. The van der Waals surface area contributed by atoms with Gasteiger partial charge in [0.05, 0.1) is 5.56 Å². The first-order chi connectivity index (χ1) is 10.8. The maximum absolute atomic E-state index is 12.5. The van der Waals surface area contributed by atoms with Gasteiger partial charge < -0.3 is 10.2 Å². The van der Waals surface area contributed by atoms with E-state index in [-0.39, 0.29) is 18.0 Å². The van der Waals surface area contributed by atoms with Crippen LogP contribution in [0.15, 0.2) is 24.3 Å². The predicted molar refractivity (Wildman–Crippen MR) is 80.9 cm³/mol. The van der Waals surface area contributed by atoms with E-state index in [1.807, 2.05) is 6.92 Å². The van der Waals surface area contributed by atoms with Gasteiger partial charge in [-0.15, -0.1) is 0 Å². The molecular formula is C16H21F3N2O2. The molecule has 0 fully saturated rings. The first-order valence-electron chi connectivity index (χ1n) is 7.46. The van der Waals surface area contributed by atoms with Gasteiger partial charge in [-0.2, -0.15) is 13.2 Å². The van der Waals surface area contributed by atoms with Crippen LogP contribution in [0.25, 0.3) is 0 Å². The van der Waals surface area contributed by atoms with E-state index in [0.717, 1.165) is 37.1 Å². The lowest BCUT2D eigenvalue weighted by Gasteiger charge is -2.20. The van der Waals surface area contributed by atoms with Crippen LogP contribution in [-0.2, 0) is 11.0 Å². The van der Waals surface area contributed by atoms with Crippen LogP contribution in [0.1, 0.15) is 42.6 Å². The molecule has 0 atom stereocenters. The summed E-state index contributed by atoms with van der Waals surface area (Å²) in [7, 11) is 0. The van der Waals surface area contributed by atoms with Gasteiger partial charge in [-0.05, 0) is 30.7 Å². The first kappa shape index (κ1) is 19.0. The molecule has 1 N–H and O–H groups in total. The molecule has 0 saturated carbocycles. The topological polar surface area (TPSA) is 49.4 Å². The molecule has 1 aromatic rings. The molecule has 2 amide bonds. The summed E-state index contributed by atoms with van der Waals surface area (Å²) in [5.74, 6) is -0.528. The quantitative estimate of drug-likeness (QED) is 0.835. The third-order valence-corrected chi connectivity index (χ3v) is 3.37. The summed E-state index contributed by atoms with van der Waals surface area (Å²) in [6.45, 7) is 4.74. The van der Waals surface area contributed by atoms with Gasteiger partial charge in [0.25, 0.3) is 5.91 Å². The molecule has 0 unspecified atom stereocenters. The lowest BCUT2D eigenvalue weighted by Crippen LogP contribution is -2.38. The van der Waals surface area contributed by atoms with Crippen LogP contribution in [0.3, 0.4) is 0 Å². The number of amides is 2. The fourth-order valence-electron chi connectivity index (χ4n) is 1.99. The number of hydrogen-bond donors (Lipinski definition) is 1. The van der Waals surface area contributed by atoms with Crippen molar-refractivity contribution in [2.75, 3.05) is 19.6 Å². The number of alkyl halides is 3. The molecular weight excluding hydrogens is 309 g/mol. The average Bonchev–Trinajstić information content (AvgIpc) is 2.49. The molecule has 0 aliphatic heterocycles. The van der Waals surface area contributed by atoms with E-state index in [9.17, 15) is 22.8 Å². The minimum absolute atomic E-state index is 0.0674. The van der Waals surface area contributed by atoms with E-state index in [2.05, 4.69) is 5.32 Å². The number of nitrogens with zero attached hydrogens (tertiary/aromatic N) is 1. The van der Waals surface area contributed by atoms with E-state index in [0.29, 0.717) is 13.1 Å². The van der Waals surface area contributed by atoms with E-state index in [4.69, 9.17) is 0 Å². The van der Waals surface area contributed by atoms with Gasteiger partial charge in [0.2, 0.25) is 5.91 Å². The fraction of sp³-hybridized carbons (Fsp3) is 0.500. The number of unbranched alkanes of at least 4 members (excludes halogenated alkanes) is 1. The van der Waals surface area contributed by atoms with E-state index < -0.39 is 17.6 Å². The molecule has 0 saturated heterocycles. The molecule has 0 aromatic heterocycles. The Balaban J connectivity index is 2.51. The third-order valence-electron chi connectivity index (χ3n) is 3.37. The van der Waals surface area contributed by atoms with Crippen molar-refractivity contribution in [3.05, 3.63) is 35.4 Å². The summed E-state index contributed by atoms with van der Waals surface area (Å²) in [4.78, 5) is 24.9. The normalized spacial score (nSPS) is 11.2. The van der Waals surface area contributed by atoms with Crippen molar-refractivity contribution in [3.8, 4) is 0 Å². The zero-order valence-corrected chi connectivity index (χ0v) is 13.2. The fourth-order valence-corrected chi connectivity index (χ4v) is 1.99. The van der Waals surface area contributed by atoms with Gasteiger partial charge in [-0.1, -0.05) is 13.3 Å². The van der Waals surface area contributed by atoms with E-state index in [1.54, 1.807) is 4.90 Å². The Morgan fingerprint density at radius 3 is 2.22 bits per heavy atom. The molecule has 23 heavy (non-hydrogen) atoms. The maximum atomic E-state index is 12.5. The van der Waals surface area contributed by atoms with Crippen molar-refractivity contribution >= 4 is 11.8 Å². The minimum Gasteiger partial charge on any atom is -0.350 e. The van der Waals surface area contributed by atoms with Gasteiger partial charge >= 0.3 is 6.18 Å². The summed E-state index contributed by atoms with van der Waals surface area (Å²) in [5, 5.41) is 2.60. The molecule has 1 rings (SSSR count). The second kappa shape index (κ2) is 8.55. The number of nitrogens with one attached hydrogen (secondary N) is 1. The van der Waals surface area contributed by atoms with E-state index >= 15 is 0 Å². The Labute approximate surface area is 133 Å². The molecule has 0 radical (unpaired) electrons. The molecule has 0 spiro atoms. The number of carbonyl (C=O) groups is 2. The lowest BCUT2D eigenvalue weighted by molar-refractivity contribution is -0.137. The highest BCUT2D eigenvalue weighted by Crippen LogP contribution is 2.28. The number of hydrogen-bond acceptors (Lipinski definition) is 2. The third kappa shape index (κ3) is 6.30. The Kier molecular flexibility index (Phi) is 7.06. The Bertz CT molecular complexity index is 527. The van der Waals surface area contributed by atoms with Crippen molar-refractivity contribution in [3.63, 3.8) is 0 Å². The average molecular weight is 330 g/mol. The Morgan fingerprint density at radius 2 is 1.74 bits per heavy atom. The SMILES string of the molecule is CCCCN(CCNC(=O)c1ccc(C(F)(F)F)cc1)C(C)=O. The van der Waals surface area contributed by atoms with Crippen molar-refractivity contribution in [2.45, 2.75) is 32.9 Å². The second-order valence-corrected chi connectivity index (χ2v) is 5.19. The van der Waals surface area contributed by atoms with Gasteiger partial charge in [0, 0.05) is 32.1 Å². The second-order valence-electron chi connectivity index (χ2n) is 5.19. The van der Waals surface area contributed by atoms with Gasteiger partial charge in [-0.25, -0.2) is 0 Å². The number of halogens is 3. The highest BCUT2D eigenvalue weighted by atomic mass is 19.4. The predicted octanol–water partition coefficient (Wildman–Crippen LogP) is 3.08. The Hall–Kier alpha value is -2.05. The molecule has 0 bridgehead atoms. The lowest BCUT2D eigenvalue weighted by atomic mass is 10.1. The summed E-state index contributed by atoms with van der Waals surface area (Å²) in [6, 6.07) is 4.02. The summed E-state index contributed by atoms with van der Waals surface area (Å²) in [6.07, 6.45) is -2.58. The highest BCUT2D eigenvalue weighted by Gasteiger charge is 2.30. The molecule has 7 heteroatoms. The van der Waals surface area contributed by atoms with Crippen LogP contribution >= 0.6 is 0 Å². The smallest absolute Gasteiger partial charge is 0.350 e. The zero-order chi connectivity index (χ0) is 17.5. The number of benzene rings is 1. The van der Waals surface area contributed by atoms with Crippen LogP contribution < -0.4 is 5.32 Å². The summed E-state index contributed by atoms with van der Waals surface area (Å²) >= 11 is 0. The summed E-state index contributed by atoms with van der Waals surface area (Å²) < 4.78 is 37.4. The first-order valence-corrected chi connectivity index (χ1v) is 7.46. The molecule has 0 aliphatic rings. The van der Waals surface area contributed by atoms with Crippen LogP contribution in [0.5, 0.6) is 0 Å². The molecule has 4 nitrogen and oxygen atoms in total. The molecule has 0 aliphatic carbocycles. The zero-order valence-electron chi connectivity index (χ0n) is 13.2. The van der Waals surface area contributed by atoms with Crippen molar-refractivity contribution in [1.29, 1.82) is 0 Å². The highest BCUT2D eigenvalue weighted by molar-refractivity contribution is 5.94. The van der Waals surface area contributed by atoms with Crippen LogP contribution in [-0.4, -0.2) is 36.3 Å².